The number of aromatic hydroxyl groups is 2. The normalized spacial score (nSPS) is 18.1. The van der Waals surface area contributed by atoms with E-state index in [0.717, 1.165) is 0 Å². The lowest BCUT2D eigenvalue weighted by atomic mass is 9.92. The zero-order valence-corrected chi connectivity index (χ0v) is 10.7. The Balaban J connectivity index is 1.91. The van der Waals surface area contributed by atoms with Crippen molar-refractivity contribution in [2.75, 3.05) is 13.1 Å². The molecule has 0 unspecified atom stereocenters. The van der Waals surface area contributed by atoms with E-state index < -0.39 is 5.60 Å². The van der Waals surface area contributed by atoms with E-state index in [4.69, 9.17) is 4.52 Å². The molecule has 1 aromatic heterocycles. The number of piperidine rings is 1. The van der Waals surface area contributed by atoms with Crippen molar-refractivity contribution >= 4 is 0 Å². The number of phenols is 2. The molecule has 20 heavy (non-hydrogen) atoms. The Kier molecular flexibility index (Phi) is 3.07. The van der Waals surface area contributed by atoms with Gasteiger partial charge in [-0.2, -0.15) is 4.98 Å². The molecule has 3 rings (SSSR count). The summed E-state index contributed by atoms with van der Waals surface area (Å²) in [5, 5.41) is 36.2. The molecule has 0 spiro atoms. The van der Waals surface area contributed by atoms with Crippen LogP contribution in [0.3, 0.4) is 0 Å². The largest absolute Gasteiger partial charge is 0.504 e. The molecule has 106 valence electrons. The van der Waals surface area contributed by atoms with Gasteiger partial charge in [0.05, 0.1) is 0 Å². The molecule has 1 aromatic carbocycles. The molecule has 0 aliphatic carbocycles. The molecule has 2 heterocycles. The zero-order chi connectivity index (χ0) is 14.2. The van der Waals surface area contributed by atoms with Crippen molar-refractivity contribution in [3.8, 4) is 22.9 Å². The zero-order valence-electron chi connectivity index (χ0n) is 10.7. The van der Waals surface area contributed by atoms with E-state index in [1.807, 2.05) is 0 Å². The van der Waals surface area contributed by atoms with Gasteiger partial charge in [0.25, 0.3) is 5.89 Å². The number of hydrogen-bond donors (Lipinski definition) is 4. The van der Waals surface area contributed by atoms with Gasteiger partial charge in [0.1, 0.15) is 5.60 Å². The predicted molar refractivity (Wildman–Crippen MR) is 69.1 cm³/mol. The quantitative estimate of drug-likeness (QED) is 0.598. The summed E-state index contributed by atoms with van der Waals surface area (Å²) in [6.07, 6.45) is 1.02. The van der Waals surface area contributed by atoms with Crippen molar-refractivity contribution < 1.29 is 19.8 Å². The Hall–Kier alpha value is -2.12. The van der Waals surface area contributed by atoms with E-state index in [-0.39, 0.29) is 23.2 Å². The van der Waals surface area contributed by atoms with Crippen molar-refractivity contribution in [3.05, 3.63) is 24.1 Å². The molecule has 0 saturated carbocycles. The van der Waals surface area contributed by atoms with Gasteiger partial charge in [-0.05, 0) is 44.1 Å². The predicted octanol–water partition coefficient (Wildman–Crippen LogP) is 0.719. The third-order valence-corrected chi connectivity index (χ3v) is 3.49. The van der Waals surface area contributed by atoms with Gasteiger partial charge in [0, 0.05) is 5.56 Å². The van der Waals surface area contributed by atoms with Crippen LogP contribution in [-0.2, 0) is 5.60 Å². The van der Waals surface area contributed by atoms with Crippen LogP contribution in [0.1, 0.15) is 18.7 Å². The molecule has 1 fully saturated rings. The number of nitrogens with zero attached hydrogens (tertiary/aromatic N) is 2. The number of hydrogen-bond acceptors (Lipinski definition) is 7. The number of aromatic nitrogens is 2. The van der Waals surface area contributed by atoms with Crippen LogP contribution in [0.2, 0.25) is 0 Å². The number of nitrogens with one attached hydrogen (secondary N) is 1. The Morgan fingerprint density at radius 1 is 1.15 bits per heavy atom. The van der Waals surface area contributed by atoms with Crippen molar-refractivity contribution in [1.82, 2.24) is 15.5 Å². The number of benzene rings is 1. The monoisotopic (exact) mass is 277 g/mol. The summed E-state index contributed by atoms with van der Waals surface area (Å²) in [6.45, 7) is 1.38. The second-order valence-corrected chi connectivity index (χ2v) is 4.91. The maximum absolute atomic E-state index is 10.5. The molecular formula is C13H15N3O4. The van der Waals surface area contributed by atoms with Gasteiger partial charge in [0.2, 0.25) is 5.82 Å². The molecule has 4 N–H and O–H groups in total. The summed E-state index contributed by atoms with van der Waals surface area (Å²) in [5.41, 5.74) is -0.594. The highest BCUT2D eigenvalue weighted by Gasteiger charge is 2.37. The molecule has 1 aliphatic rings. The maximum Gasteiger partial charge on any atom is 0.259 e. The standard InChI is InChI=1S/C13H15N3O4/c17-9-2-1-8(7-10(9)18)11-15-12(20-16-11)13(19)3-5-14-6-4-13/h1-2,7,14,17-19H,3-6H2. The molecule has 0 radical (unpaired) electrons. The first-order chi connectivity index (χ1) is 9.58. The molecular weight excluding hydrogens is 262 g/mol. The van der Waals surface area contributed by atoms with Crippen LogP contribution in [0.4, 0.5) is 0 Å². The molecule has 0 bridgehead atoms. The van der Waals surface area contributed by atoms with Gasteiger partial charge in [-0.1, -0.05) is 5.16 Å². The van der Waals surface area contributed by atoms with Gasteiger partial charge < -0.3 is 25.2 Å². The molecule has 0 atom stereocenters. The lowest BCUT2D eigenvalue weighted by Gasteiger charge is -2.28. The van der Waals surface area contributed by atoms with Crippen molar-refractivity contribution in [1.29, 1.82) is 0 Å². The highest BCUT2D eigenvalue weighted by Crippen LogP contribution is 2.32. The summed E-state index contributed by atoms with van der Waals surface area (Å²) >= 11 is 0. The van der Waals surface area contributed by atoms with Crippen LogP contribution < -0.4 is 5.32 Å². The minimum absolute atomic E-state index is 0.182. The van der Waals surface area contributed by atoms with E-state index in [9.17, 15) is 15.3 Å². The van der Waals surface area contributed by atoms with E-state index in [1.54, 1.807) is 6.07 Å². The van der Waals surface area contributed by atoms with Crippen LogP contribution in [0.5, 0.6) is 11.5 Å². The maximum atomic E-state index is 10.5. The summed E-state index contributed by atoms with van der Waals surface area (Å²) in [5.74, 6) is -0.0206. The summed E-state index contributed by atoms with van der Waals surface area (Å²) in [4.78, 5) is 4.20. The fraction of sp³-hybridized carbons (Fsp3) is 0.385. The lowest BCUT2D eigenvalue weighted by molar-refractivity contribution is -0.0228. The minimum atomic E-state index is -1.10. The van der Waals surface area contributed by atoms with Crippen molar-refractivity contribution in [2.45, 2.75) is 18.4 Å². The Labute approximate surface area is 114 Å². The Bertz CT molecular complexity index is 620. The number of phenolic OH excluding ortho intramolecular Hbond substituents is 2. The molecule has 0 amide bonds. The van der Waals surface area contributed by atoms with Crippen LogP contribution >= 0.6 is 0 Å². The smallest absolute Gasteiger partial charge is 0.259 e. The van der Waals surface area contributed by atoms with Crippen molar-refractivity contribution in [3.63, 3.8) is 0 Å². The molecule has 1 saturated heterocycles. The first-order valence-corrected chi connectivity index (χ1v) is 6.38. The lowest BCUT2D eigenvalue weighted by Crippen LogP contribution is -2.39. The van der Waals surface area contributed by atoms with E-state index in [0.29, 0.717) is 31.5 Å². The summed E-state index contributed by atoms with van der Waals surface area (Å²) < 4.78 is 5.15. The average molecular weight is 277 g/mol. The van der Waals surface area contributed by atoms with Crippen LogP contribution in [0.25, 0.3) is 11.4 Å². The third-order valence-electron chi connectivity index (χ3n) is 3.49. The number of aliphatic hydroxyl groups is 1. The van der Waals surface area contributed by atoms with E-state index >= 15 is 0 Å². The second kappa shape index (κ2) is 4.77. The average Bonchev–Trinajstić information content (AvgIpc) is 2.93. The van der Waals surface area contributed by atoms with Gasteiger partial charge >= 0.3 is 0 Å². The molecule has 2 aromatic rings. The summed E-state index contributed by atoms with van der Waals surface area (Å²) in [6, 6.07) is 4.26. The highest BCUT2D eigenvalue weighted by atomic mass is 16.5. The van der Waals surface area contributed by atoms with Crippen LogP contribution in [0, 0.1) is 0 Å². The SMILES string of the molecule is Oc1ccc(-c2noc(C3(O)CCNCC3)n2)cc1O. The fourth-order valence-corrected chi connectivity index (χ4v) is 2.25. The van der Waals surface area contributed by atoms with Crippen molar-refractivity contribution in [2.24, 2.45) is 0 Å². The van der Waals surface area contributed by atoms with Gasteiger partial charge in [-0.25, -0.2) is 0 Å². The molecule has 7 heteroatoms. The first kappa shape index (κ1) is 12.9. The minimum Gasteiger partial charge on any atom is -0.504 e. The second-order valence-electron chi connectivity index (χ2n) is 4.91. The fourth-order valence-electron chi connectivity index (χ4n) is 2.25. The number of rotatable bonds is 2. The Morgan fingerprint density at radius 3 is 2.60 bits per heavy atom. The third kappa shape index (κ3) is 2.21. The molecule has 1 aliphatic heterocycles. The van der Waals surface area contributed by atoms with Gasteiger partial charge in [-0.3, -0.25) is 0 Å². The summed E-state index contributed by atoms with van der Waals surface area (Å²) in [7, 11) is 0. The molecule has 7 nitrogen and oxygen atoms in total. The topological polar surface area (TPSA) is 112 Å². The Morgan fingerprint density at radius 2 is 1.90 bits per heavy atom. The van der Waals surface area contributed by atoms with Gasteiger partial charge in [0.15, 0.2) is 11.5 Å². The van der Waals surface area contributed by atoms with E-state index in [1.165, 1.54) is 12.1 Å². The van der Waals surface area contributed by atoms with Crippen LogP contribution in [0.15, 0.2) is 22.7 Å². The van der Waals surface area contributed by atoms with E-state index in [2.05, 4.69) is 15.5 Å². The first-order valence-electron chi connectivity index (χ1n) is 6.38. The van der Waals surface area contributed by atoms with Crippen LogP contribution in [-0.4, -0.2) is 38.5 Å². The highest BCUT2D eigenvalue weighted by molar-refractivity contribution is 5.59. The van der Waals surface area contributed by atoms with Gasteiger partial charge in [-0.15, -0.1) is 0 Å².